The summed E-state index contributed by atoms with van der Waals surface area (Å²) in [6, 6.07) is 13.5. The summed E-state index contributed by atoms with van der Waals surface area (Å²) in [7, 11) is 0. The standard InChI is InChI=1S/C29H23F4N/c1-2-3-4-20-5-10-23(34-18-20)11-6-21-16-27(31)25(28(32)17-21)13-8-19-7-12-24-22(15-19)9-14-26(30)29(24)33/h5,7,9-10,12,14-18H,2-4,6,11H2,1H3. The molecule has 0 amide bonds. The number of nitrogens with zero attached hydrogens (tertiary/aromatic N) is 1. The lowest BCUT2D eigenvalue weighted by Crippen LogP contribution is -1.99. The molecule has 0 saturated heterocycles. The van der Waals surface area contributed by atoms with E-state index in [9.17, 15) is 17.6 Å². The molecule has 1 nitrogen and oxygen atoms in total. The van der Waals surface area contributed by atoms with E-state index >= 15 is 0 Å². The summed E-state index contributed by atoms with van der Waals surface area (Å²) in [5.41, 5.74) is 2.70. The fraction of sp³-hybridized carbons (Fsp3) is 0.207. The molecule has 34 heavy (non-hydrogen) atoms. The molecule has 0 fully saturated rings. The summed E-state index contributed by atoms with van der Waals surface area (Å²) < 4.78 is 56.4. The molecule has 0 aliphatic heterocycles. The van der Waals surface area contributed by atoms with Crippen molar-refractivity contribution in [2.24, 2.45) is 0 Å². The Hall–Kier alpha value is -3.65. The van der Waals surface area contributed by atoms with Crippen molar-refractivity contribution in [2.45, 2.75) is 39.0 Å². The molecule has 0 aliphatic carbocycles. The van der Waals surface area contributed by atoms with Crippen LogP contribution in [0.3, 0.4) is 0 Å². The Morgan fingerprint density at radius 2 is 1.53 bits per heavy atom. The van der Waals surface area contributed by atoms with E-state index in [2.05, 4.69) is 29.8 Å². The smallest absolute Gasteiger partial charge is 0.166 e. The maximum atomic E-state index is 14.6. The predicted octanol–water partition coefficient (Wildman–Crippen LogP) is 7.32. The number of pyridine rings is 1. The van der Waals surface area contributed by atoms with Gasteiger partial charge in [0.15, 0.2) is 11.6 Å². The molecule has 0 atom stereocenters. The van der Waals surface area contributed by atoms with Gasteiger partial charge in [0.2, 0.25) is 0 Å². The molecule has 0 N–H and O–H groups in total. The summed E-state index contributed by atoms with van der Waals surface area (Å²) in [6.45, 7) is 2.14. The third kappa shape index (κ3) is 5.46. The van der Waals surface area contributed by atoms with Gasteiger partial charge < -0.3 is 0 Å². The van der Waals surface area contributed by atoms with E-state index in [1.165, 1.54) is 35.9 Å². The number of aromatic nitrogens is 1. The fourth-order valence-electron chi connectivity index (χ4n) is 3.77. The van der Waals surface area contributed by atoms with Crippen LogP contribution in [0, 0.1) is 35.1 Å². The van der Waals surface area contributed by atoms with Gasteiger partial charge in [-0.15, -0.1) is 0 Å². The molecule has 0 saturated carbocycles. The van der Waals surface area contributed by atoms with Crippen LogP contribution < -0.4 is 0 Å². The van der Waals surface area contributed by atoms with E-state index in [-0.39, 0.29) is 10.9 Å². The van der Waals surface area contributed by atoms with Crippen LogP contribution in [0.25, 0.3) is 10.8 Å². The second kappa shape index (κ2) is 10.5. The topological polar surface area (TPSA) is 12.9 Å². The summed E-state index contributed by atoms with van der Waals surface area (Å²) in [4.78, 5) is 4.45. The summed E-state index contributed by atoms with van der Waals surface area (Å²) in [6.07, 6.45) is 6.14. The van der Waals surface area contributed by atoms with E-state index in [0.717, 1.165) is 31.0 Å². The Morgan fingerprint density at radius 1 is 0.735 bits per heavy atom. The van der Waals surface area contributed by atoms with Gasteiger partial charge in [0.25, 0.3) is 0 Å². The van der Waals surface area contributed by atoms with E-state index in [0.29, 0.717) is 29.4 Å². The van der Waals surface area contributed by atoms with Crippen molar-refractivity contribution >= 4 is 10.8 Å². The first-order valence-electron chi connectivity index (χ1n) is 11.3. The highest BCUT2D eigenvalue weighted by Gasteiger charge is 2.11. The molecule has 172 valence electrons. The molecule has 3 aromatic carbocycles. The van der Waals surface area contributed by atoms with Crippen LogP contribution in [-0.2, 0) is 19.3 Å². The first kappa shape index (κ1) is 23.5. The first-order chi connectivity index (χ1) is 16.4. The fourth-order valence-corrected chi connectivity index (χ4v) is 3.77. The van der Waals surface area contributed by atoms with Crippen molar-refractivity contribution in [2.75, 3.05) is 0 Å². The average molecular weight is 462 g/mol. The summed E-state index contributed by atoms with van der Waals surface area (Å²) in [5.74, 6) is 1.90. The quantitative estimate of drug-likeness (QED) is 0.217. The largest absolute Gasteiger partial charge is 0.261 e. The molecule has 1 heterocycles. The first-order valence-corrected chi connectivity index (χ1v) is 11.3. The normalized spacial score (nSPS) is 10.9. The summed E-state index contributed by atoms with van der Waals surface area (Å²) >= 11 is 0. The third-order valence-electron chi connectivity index (χ3n) is 5.72. The number of unbranched alkanes of at least 4 members (excludes halogenated alkanes) is 1. The minimum absolute atomic E-state index is 0.123. The Labute approximate surface area is 196 Å². The maximum Gasteiger partial charge on any atom is 0.166 e. The van der Waals surface area contributed by atoms with Crippen molar-refractivity contribution in [3.05, 3.63) is 112 Å². The molecule has 4 rings (SSSR count). The minimum Gasteiger partial charge on any atom is -0.261 e. The van der Waals surface area contributed by atoms with Crippen molar-refractivity contribution in [1.82, 2.24) is 4.98 Å². The predicted molar refractivity (Wildman–Crippen MR) is 126 cm³/mol. The molecule has 4 aromatic rings. The number of benzene rings is 3. The van der Waals surface area contributed by atoms with E-state index < -0.39 is 23.3 Å². The van der Waals surface area contributed by atoms with Crippen molar-refractivity contribution in [3.63, 3.8) is 0 Å². The van der Waals surface area contributed by atoms with Gasteiger partial charge in [-0.25, -0.2) is 17.6 Å². The molecule has 5 heteroatoms. The van der Waals surface area contributed by atoms with Crippen LogP contribution in [0.4, 0.5) is 17.6 Å². The Kier molecular flexibility index (Phi) is 7.27. The van der Waals surface area contributed by atoms with E-state index in [1.54, 1.807) is 6.07 Å². The lowest BCUT2D eigenvalue weighted by Gasteiger charge is -2.06. The van der Waals surface area contributed by atoms with Crippen molar-refractivity contribution < 1.29 is 17.6 Å². The maximum absolute atomic E-state index is 14.6. The van der Waals surface area contributed by atoms with Crippen LogP contribution >= 0.6 is 0 Å². The summed E-state index contributed by atoms with van der Waals surface area (Å²) in [5, 5.41) is 0.575. The number of fused-ring (bicyclic) bond motifs is 1. The Bertz CT molecular complexity index is 1360. The van der Waals surface area contributed by atoms with Gasteiger partial charge in [0, 0.05) is 22.8 Å². The average Bonchev–Trinajstić information content (AvgIpc) is 2.84. The highest BCUT2D eigenvalue weighted by Crippen LogP contribution is 2.22. The molecule has 0 spiro atoms. The SMILES string of the molecule is CCCCc1ccc(CCc2cc(F)c(C#Cc3ccc4c(F)c(F)ccc4c3)c(F)c2)nc1. The molecule has 0 radical (unpaired) electrons. The molecular formula is C29H23F4N. The second-order valence-electron chi connectivity index (χ2n) is 8.24. The van der Waals surface area contributed by atoms with Gasteiger partial charge in [0.1, 0.15) is 11.6 Å². The molecule has 1 aromatic heterocycles. The Balaban J connectivity index is 1.47. The molecule has 0 aliphatic rings. The van der Waals surface area contributed by atoms with Gasteiger partial charge in [-0.1, -0.05) is 43.4 Å². The van der Waals surface area contributed by atoms with Gasteiger partial charge in [-0.2, -0.15) is 0 Å². The Morgan fingerprint density at radius 3 is 2.24 bits per heavy atom. The monoisotopic (exact) mass is 461 g/mol. The van der Waals surface area contributed by atoms with E-state index in [1.807, 2.05) is 12.3 Å². The molecular weight excluding hydrogens is 438 g/mol. The number of aryl methyl sites for hydroxylation is 3. The number of rotatable bonds is 6. The zero-order chi connectivity index (χ0) is 24.1. The minimum atomic E-state index is -0.938. The van der Waals surface area contributed by atoms with Crippen LogP contribution in [-0.4, -0.2) is 4.98 Å². The lowest BCUT2D eigenvalue weighted by atomic mass is 10.0. The highest BCUT2D eigenvalue weighted by atomic mass is 19.2. The van der Waals surface area contributed by atoms with Crippen LogP contribution in [0.2, 0.25) is 0 Å². The van der Waals surface area contributed by atoms with Crippen LogP contribution in [0.1, 0.15) is 47.7 Å². The number of halogens is 4. The number of hydrogen-bond acceptors (Lipinski definition) is 1. The van der Waals surface area contributed by atoms with Crippen molar-refractivity contribution in [1.29, 1.82) is 0 Å². The lowest BCUT2D eigenvalue weighted by molar-refractivity contribution is 0.517. The van der Waals surface area contributed by atoms with Gasteiger partial charge in [0.05, 0.1) is 5.56 Å². The van der Waals surface area contributed by atoms with E-state index in [4.69, 9.17) is 0 Å². The molecule has 0 unspecified atom stereocenters. The second-order valence-corrected chi connectivity index (χ2v) is 8.24. The zero-order valence-electron chi connectivity index (χ0n) is 18.8. The van der Waals surface area contributed by atoms with Crippen LogP contribution in [0.15, 0.2) is 60.8 Å². The third-order valence-corrected chi connectivity index (χ3v) is 5.72. The zero-order valence-corrected chi connectivity index (χ0v) is 18.8. The van der Waals surface area contributed by atoms with Crippen molar-refractivity contribution in [3.8, 4) is 11.8 Å². The number of hydrogen-bond donors (Lipinski definition) is 0. The van der Waals surface area contributed by atoms with Crippen LogP contribution in [0.5, 0.6) is 0 Å². The highest BCUT2D eigenvalue weighted by molar-refractivity contribution is 5.84. The molecule has 0 bridgehead atoms. The van der Waals surface area contributed by atoms with Gasteiger partial charge >= 0.3 is 0 Å². The van der Waals surface area contributed by atoms with Gasteiger partial charge in [-0.05, 0) is 78.6 Å². The van der Waals surface area contributed by atoms with Gasteiger partial charge in [-0.3, -0.25) is 4.98 Å².